The van der Waals surface area contributed by atoms with E-state index in [4.69, 9.17) is 0 Å². The van der Waals surface area contributed by atoms with Gasteiger partial charge < -0.3 is 4.98 Å². The standard InChI is InChI=1S/C16H11F3N6OS2/c17-16(18,19)8-25-13(9-1-4-20-5-2-9)23-24-15(25)28-7-11-21-10-3-6-27-12(10)14(26)22-11/h1-6H,7-8H2,(H,21,22,26). The minimum Gasteiger partial charge on any atom is -0.309 e. The molecule has 0 spiro atoms. The number of H-pyrrole nitrogens is 1. The second-order valence-electron chi connectivity index (χ2n) is 5.68. The lowest BCUT2D eigenvalue weighted by molar-refractivity contribution is -0.141. The summed E-state index contributed by atoms with van der Waals surface area (Å²) < 4.78 is 40.8. The van der Waals surface area contributed by atoms with Crippen molar-refractivity contribution in [3.05, 3.63) is 52.2 Å². The van der Waals surface area contributed by atoms with Gasteiger partial charge in [0, 0.05) is 18.0 Å². The largest absolute Gasteiger partial charge is 0.406 e. The maximum Gasteiger partial charge on any atom is 0.406 e. The summed E-state index contributed by atoms with van der Waals surface area (Å²) in [6.07, 6.45) is -1.50. The molecule has 28 heavy (non-hydrogen) atoms. The number of nitrogens with zero attached hydrogens (tertiary/aromatic N) is 5. The molecule has 0 saturated carbocycles. The van der Waals surface area contributed by atoms with E-state index in [9.17, 15) is 18.0 Å². The van der Waals surface area contributed by atoms with Gasteiger partial charge in [0.2, 0.25) is 0 Å². The van der Waals surface area contributed by atoms with Gasteiger partial charge in [-0.2, -0.15) is 13.2 Å². The van der Waals surface area contributed by atoms with Crippen molar-refractivity contribution in [3.8, 4) is 11.4 Å². The summed E-state index contributed by atoms with van der Waals surface area (Å²) in [6, 6.07) is 4.85. The molecule has 0 amide bonds. The smallest absolute Gasteiger partial charge is 0.309 e. The maximum atomic E-state index is 13.1. The minimum atomic E-state index is -4.44. The van der Waals surface area contributed by atoms with Crippen molar-refractivity contribution < 1.29 is 13.2 Å². The summed E-state index contributed by atoms with van der Waals surface area (Å²) in [7, 11) is 0. The summed E-state index contributed by atoms with van der Waals surface area (Å²) in [5.41, 5.74) is 0.758. The molecule has 0 fully saturated rings. The van der Waals surface area contributed by atoms with Crippen LogP contribution in [-0.4, -0.2) is 35.9 Å². The van der Waals surface area contributed by atoms with Crippen LogP contribution in [0.5, 0.6) is 0 Å². The summed E-state index contributed by atoms with van der Waals surface area (Å²) in [5, 5.41) is 9.66. The van der Waals surface area contributed by atoms with Gasteiger partial charge in [-0.1, -0.05) is 11.8 Å². The third-order valence-electron chi connectivity index (χ3n) is 3.69. The highest BCUT2D eigenvalue weighted by molar-refractivity contribution is 7.98. The quantitative estimate of drug-likeness (QED) is 0.494. The second-order valence-corrected chi connectivity index (χ2v) is 7.54. The molecule has 4 aromatic heterocycles. The molecule has 144 valence electrons. The molecule has 0 aromatic carbocycles. The number of hydrogen-bond donors (Lipinski definition) is 1. The fourth-order valence-corrected chi connectivity index (χ4v) is 4.09. The van der Waals surface area contributed by atoms with E-state index in [2.05, 4.69) is 25.1 Å². The van der Waals surface area contributed by atoms with Crippen LogP contribution in [0.3, 0.4) is 0 Å². The van der Waals surface area contributed by atoms with Gasteiger partial charge in [-0.25, -0.2) is 4.98 Å². The molecule has 0 aliphatic rings. The zero-order chi connectivity index (χ0) is 19.7. The number of thiophene rings is 1. The molecule has 0 aliphatic carbocycles. The Morgan fingerprint density at radius 3 is 2.71 bits per heavy atom. The number of aromatic amines is 1. The van der Waals surface area contributed by atoms with Crippen LogP contribution < -0.4 is 5.56 Å². The number of thioether (sulfide) groups is 1. The van der Waals surface area contributed by atoms with Crippen molar-refractivity contribution in [1.82, 2.24) is 29.7 Å². The topological polar surface area (TPSA) is 89.4 Å². The molecular formula is C16H11F3N6OS2. The molecule has 0 atom stereocenters. The van der Waals surface area contributed by atoms with Crippen LogP contribution in [-0.2, 0) is 12.3 Å². The van der Waals surface area contributed by atoms with Crippen molar-refractivity contribution in [2.45, 2.75) is 23.6 Å². The molecule has 4 rings (SSSR count). The first-order valence-electron chi connectivity index (χ1n) is 7.90. The highest BCUT2D eigenvalue weighted by Gasteiger charge is 2.31. The van der Waals surface area contributed by atoms with Crippen LogP contribution in [0.1, 0.15) is 5.82 Å². The van der Waals surface area contributed by atoms with E-state index in [1.807, 2.05) is 0 Å². The minimum absolute atomic E-state index is 0.0807. The summed E-state index contributed by atoms with van der Waals surface area (Å²) >= 11 is 2.30. The van der Waals surface area contributed by atoms with Crippen molar-refractivity contribution >= 4 is 33.3 Å². The Balaban J connectivity index is 1.65. The van der Waals surface area contributed by atoms with Crippen molar-refractivity contribution in [2.24, 2.45) is 0 Å². The van der Waals surface area contributed by atoms with E-state index in [0.29, 0.717) is 21.6 Å². The molecule has 0 bridgehead atoms. The van der Waals surface area contributed by atoms with Crippen LogP contribution in [0.15, 0.2) is 45.9 Å². The Morgan fingerprint density at radius 2 is 1.96 bits per heavy atom. The van der Waals surface area contributed by atoms with Gasteiger partial charge >= 0.3 is 6.18 Å². The van der Waals surface area contributed by atoms with E-state index >= 15 is 0 Å². The molecule has 0 saturated heterocycles. The molecule has 4 heterocycles. The number of fused-ring (bicyclic) bond motifs is 1. The van der Waals surface area contributed by atoms with E-state index < -0.39 is 12.7 Å². The monoisotopic (exact) mass is 424 g/mol. The van der Waals surface area contributed by atoms with Gasteiger partial charge in [-0.3, -0.25) is 14.3 Å². The normalized spacial score (nSPS) is 12.0. The molecule has 12 heteroatoms. The first kappa shape index (κ1) is 18.6. The molecule has 0 unspecified atom stereocenters. The Kier molecular flexibility index (Phi) is 4.89. The van der Waals surface area contributed by atoms with Gasteiger partial charge in [0.05, 0.1) is 11.3 Å². The van der Waals surface area contributed by atoms with Gasteiger partial charge in [0.15, 0.2) is 11.0 Å². The number of hydrogen-bond acceptors (Lipinski definition) is 7. The van der Waals surface area contributed by atoms with Crippen LogP contribution in [0.25, 0.3) is 21.6 Å². The predicted molar refractivity (Wildman–Crippen MR) is 99.1 cm³/mol. The SMILES string of the molecule is O=c1[nH]c(CSc2nnc(-c3ccncc3)n2CC(F)(F)F)nc2ccsc12. The molecule has 4 aromatic rings. The van der Waals surface area contributed by atoms with Crippen LogP contribution in [0.2, 0.25) is 0 Å². The number of alkyl halides is 3. The highest BCUT2D eigenvalue weighted by atomic mass is 32.2. The fourth-order valence-electron chi connectivity index (χ4n) is 2.55. The van der Waals surface area contributed by atoms with E-state index in [1.54, 1.807) is 23.6 Å². The van der Waals surface area contributed by atoms with Crippen molar-refractivity contribution in [2.75, 3.05) is 0 Å². The maximum absolute atomic E-state index is 13.1. The first-order chi connectivity index (χ1) is 13.4. The zero-order valence-corrected chi connectivity index (χ0v) is 15.6. The Morgan fingerprint density at radius 1 is 1.18 bits per heavy atom. The van der Waals surface area contributed by atoms with Gasteiger partial charge in [0.1, 0.15) is 17.1 Å². The van der Waals surface area contributed by atoms with Gasteiger partial charge in [-0.05, 0) is 23.6 Å². The van der Waals surface area contributed by atoms with Crippen LogP contribution in [0, 0.1) is 0 Å². The van der Waals surface area contributed by atoms with Crippen molar-refractivity contribution in [1.29, 1.82) is 0 Å². The third-order valence-corrected chi connectivity index (χ3v) is 5.58. The van der Waals surface area contributed by atoms with Crippen LogP contribution >= 0.6 is 23.1 Å². The zero-order valence-electron chi connectivity index (χ0n) is 14.0. The van der Waals surface area contributed by atoms with Crippen molar-refractivity contribution in [3.63, 3.8) is 0 Å². The van der Waals surface area contributed by atoms with Gasteiger partial charge in [-0.15, -0.1) is 21.5 Å². The summed E-state index contributed by atoms with van der Waals surface area (Å²) in [4.78, 5) is 22.9. The fraction of sp³-hybridized carbons (Fsp3) is 0.188. The lowest BCUT2D eigenvalue weighted by Gasteiger charge is -2.12. The van der Waals surface area contributed by atoms with Gasteiger partial charge in [0.25, 0.3) is 5.56 Å². The predicted octanol–water partition coefficient (Wildman–Crippen LogP) is 3.49. The lowest BCUT2D eigenvalue weighted by atomic mass is 10.2. The summed E-state index contributed by atoms with van der Waals surface area (Å²) in [6.45, 7) is -1.23. The molecule has 0 radical (unpaired) electrons. The second kappa shape index (κ2) is 7.36. The molecular weight excluding hydrogens is 413 g/mol. The Bertz CT molecular complexity index is 1170. The first-order valence-corrected chi connectivity index (χ1v) is 9.77. The summed E-state index contributed by atoms with van der Waals surface area (Å²) in [5.74, 6) is 0.595. The number of rotatable bonds is 5. The number of pyridine rings is 1. The average molecular weight is 424 g/mol. The van der Waals surface area contributed by atoms with E-state index in [-0.39, 0.29) is 22.3 Å². The van der Waals surface area contributed by atoms with Crippen LogP contribution in [0.4, 0.5) is 13.2 Å². The molecule has 7 nitrogen and oxygen atoms in total. The number of halogens is 3. The molecule has 1 N–H and O–H groups in total. The average Bonchev–Trinajstić information content (AvgIpc) is 3.27. The number of aromatic nitrogens is 6. The van der Waals surface area contributed by atoms with E-state index in [1.165, 1.54) is 23.7 Å². The Hall–Kier alpha value is -2.73. The lowest BCUT2D eigenvalue weighted by Crippen LogP contribution is -2.19. The number of nitrogens with one attached hydrogen (secondary N) is 1. The Labute approximate surface area is 163 Å². The molecule has 0 aliphatic heterocycles. The van der Waals surface area contributed by atoms with E-state index in [0.717, 1.165) is 16.3 Å². The highest BCUT2D eigenvalue weighted by Crippen LogP contribution is 2.29. The third kappa shape index (κ3) is 3.92.